The van der Waals surface area contributed by atoms with Crippen molar-refractivity contribution in [1.82, 2.24) is 10.2 Å². The highest BCUT2D eigenvalue weighted by molar-refractivity contribution is 5.78. The molecule has 0 rings (SSSR count). The van der Waals surface area contributed by atoms with Crippen molar-refractivity contribution in [1.29, 1.82) is 0 Å². The molecule has 0 radical (unpaired) electrons. The molecule has 0 spiro atoms. The lowest BCUT2D eigenvalue weighted by Crippen LogP contribution is -2.45. The van der Waals surface area contributed by atoms with Gasteiger partial charge in [0.05, 0.1) is 6.54 Å². The van der Waals surface area contributed by atoms with Crippen molar-refractivity contribution in [2.45, 2.75) is 60.5 Å². The summed E-state index contributed by atoms with van der Waals surface area (Å²) >= 11 is 0. The van der Waals surface area contributed by atoms with Gasteiger partial charge in [0.1, 0.15) is 0 Å². The molecule has 3 nitrogen and oxygen atoms in total. The van der Waals surface area contributed by atoms with Gasteiger partial charge in [-0.15, -0.1) is 0 Å². The first kappa shape index (κ1) is 16.4. The zero-order valence-corrected chi connectivity index (χ0v) is 12.6. The molecule has 0 saturated carbocycles. The van der Waals surface area contributed by atoms with E-state index in [1.807, 2.05) is 0 Å². The predicted octanol–water partition coefficient (Wildman–Crippen LogP) is 2.51. The summed E-state index contributed by atoms with van der Waals surface area (Å²) in [6, 6.07) is 0.660. The number of amides is 1. The van der Waals surface area contributed by atoms with Crippen LogP contribution < -0.4 is 5.32 Å². The SMILES string of the molecule is CC(C)CN(CC(=O)NC(C)C(C)C)C(C)C. The van der Waals surface area contributed by atoms with E-state index < -0.39 is 0 Å². The Hall–Kier alpha value is -0.570. The molecule has 0 aliphatic rings. The Labute approximate surface area is 107 Å². The van der Waals surface area contributed by atoms with Crippen molar-refractivity contribution in [3.63, 3.8) is 0 Å². The molecule has 1 amide bonds. The Bertz CT molecular complexity index is 224. The van der Waals surface area contributed by atoms with Gasteiger partial charge in [-0.25, -0.2) is 0 Å². The first-order valence-corrected chi connectivity index (χ1v) is 6.77. The lowest BCUT2D eigenvalue weighted by Gasteiger charge is -2.28. The summed E-state index contributed by atoms with van der Waals surface area (Å²) in [7, 11) is 0. The van der Waals surface area contributed by atoms with Crippen molar-refractivity contribution >= 4 is 5.91 Å². The molecule has 0 saturated heterocycles. The van der Waals surface area contributed by atoms with Gasteiger partial charge in [0.2, 0.25) is 5.91 Å². The highest BCUT2D eigenvalue weighted by Crippen LogP contribution is 2.05. The third kappa shape index (κ3) is 7.37. The largest absolute Gasteiger partial charge is 0.352 e. The molecule has 1 atom stereocenters. The van der Waals surface area contributed by atoms with Gasteiger partial charge >= 0.3 is 0 Å². The molecule has 1 unspecified atom stereocenters. The van der Waals surface area contributed by atoms with Gasteiger partial charge in [-0.1, -0.05) is 27.7 Å². The van der Waals surface area contributed by atoms with Crippen LogP contribution in [0.25, 0.3) is 0 Å². The summed E-state index contributed by atoms with van der Waals surface area (Å²) in [5.74, 6) is 1.21. The lowest BCUT2D eigenvalue weighted by atomic mass is 10.1. The van der Waals surface area contributed by atoms with Crippen LogP contribution in [-0.4, -0.2) is 36.0 Å². The Morgan fingerprint density at radius 3 is 1.94 bits per heavy atom. The van der Waals surface area contributed by atoms with Gasteiger partial charge in [0.15, 0.2) is 0 Å². The Morgan fingerprint density at radius 2 is 1.59 bits per heavy atom. The molecule has 0 aromatic heterocycles. The fourth-order valence-corrected chi connectivity index (χ4v) is 1.58. The highest BCUT2D eigenvalue weighted by Gasteiger charge is 2.17. The quantitative estimate of drug-likeness (QED) is 0.744. The van der Waals surface area contributed by atoms with E-state index in [2.05, 4.69) is 58.7 Å². The van der Waals surface area contributed by atoms with Gasteiger partial charge in [-0.2, -0.15) is 0 Å². The first-order chi connectivity index (χ1) is 7.73. The Morgan fingerprint density at radius 1 is 1.06 bits per heavy atom. The molecule has 0 heterocycles. The van der Waals surface area contributed by atoms with Gasteiger partial charge < -0.3 is 5.32 Å². The maximum atomic E-state index is 11.9. The highest BCUT2D eigenvalue weighted by atomic mass is 16.2. The molecular formula is C14H30N2O. The van der Waals surface area contributed by atoms with Crippen LogP contribution in [0.4, 0.5) is 0 Å². The number of carbonyl (C=O) groups is 1. The average molecular weight is 242 g/mol. The minimum Gasteiger partial charge on any atom is -0.352 e. The summed E-state index contributed by atoms with van der Waals surface area (Å²) in [6.45, 7) is 16.4. The maximum Gasteiger partial charge on any atom is 0.234 e. The molecule has 17 heavy (non-hydrogen) atoms. The molecule has 3 heteroatoms. The van der Waals surface area contributed by atoms with E-state index in [-0.39, 0.29) is 11.9 Å². The van der Waals surface area contributed by atoms with E-state index in [0.29, 0.717) is 24.4 Å². The van der Waals surface area contributed by atoms with Crippen LogP contribution in [0.15, 0.2) is 0 Å². The van der Waals surface area contributed by atoms with Crippen LogP contribution in [0.3, 0.4) is 0 Å². The molecule has 0 aliphatic carbocycles. The van der Waals surface area contributed by atoms with E-state index in [1.165, 1.54) is 0 Å². The standard InChI is InChI=1S/C14H30N2O/c1-10(2)8-16(12(5)6)9-14(17)15-13(7)11(3)4/h10-13H,8-9H2,1-7H3,(H,15,17). The van der Waals surface area contributed by atoms with E-state index in [0.717, 1.165) is 6.54 Å². The second kappa shape index (κ2) is 7.70. The zero-order chi connectivity index (χ0) is 13.6. The van der Waals surface area contributed by atoms with E-state index in [1.54, 1.807) is 0 Å². The molecule has 0 aliphatic heterocycles. The monoisotopic (exact) mass is 242 g/mol. The zero-order valence-electron chi connectivity index (χ0n) is 12.6. The second-order valence-electron chi connectivity index (χ2n) is 6.02. The number of hydrogen-bond donors (Lipinski definition) is 1. The molecule has 0 aromatic carbocycles. The number of nitrogens with zero attached hydrogens (tertiary/aromatic N) is 1. The minimum atomic E-state index is 0.139. The molecule has 1 N–H and O–H groups in total. The fourth-order valence-electron chi connectivity index (χ4n) is 1.58. The van der Waals surface area contributed by atoms with Crippen LogP contribution in [0, 0.1) is 11.8 Å². The van der Waals surface area contributed by atoms with Crippen molar-refractivity contribution in [3.8, 4) is 0 Å². The molecule has 0 bridgehead atoms. The van der Waals surface area contributed by atoms with E-state index in [9.17, 15) is 4.79 Å². The summed E-state index contributed by atoms with van der Waals surface area (Å²) < 4.78 is 0. The molecule has 0 aromatic rings. The van der Waals surface area contributed by atoms with Crippen molar-refractivity contribution in [2.75, 3.05) is 13.1 Å². The summed E-state index contributed by atoms with van der Waals surface area (Å²) in [6.07, 6.45) is 0. The summed E-state index contributed by atoms with van der Waals surface area (Å²) in [5.41, 5.74) is 0. The van der Waals surface area contributed by atoms with Crippen LogP contribution in [0.5, 0.6) is 0 Å². The number of carbonyl (C=O) groups excluding carboxylic acids is 1. The molecule has 102 valence electrons. The van der Waals surface area contributed by atoms with Crippen LogP contribution in [-0.2, 0) is 4.79 Å². The van der Waals surface area contributed by atoms with Crippen LogP contribution in [0.2, 0.25) is 0 Å². The predicted molar refractivity (Wildman–Crippen MR) is 74.0 cm³/mol. The normalized spacial score (nSPS) is 13.8. The van der Waals surface area contributed by atoms with E-state index >= 15 is 0 Å². The maximum absolute atomic E-state index is 11.9. The summed E-state index contributed by atoms with van der Waals surface area (Å²) in [5, 5.41) is 3.06. The minimum absolute atomic E-state index is 0.139. The first-order valence-electron chi connectivity index (χ1n) is 6.77. The summed E-state index contributed by atoms with van der Waals surface area (Å²) in [4.78, 5) is 14.1. The molecule has 0 fully saturated rings. The number of rotatable bonds is 7. The third-order valence-electron chi connectivity index (χ3n) is 3.07. The van der Waals surface area contributed by atoms with Gasteiger partial charge in [-0.05, 0) is 32.6 Å². The van der Waals surface area contributed by atoms with Crippen molar-refractivity contribution in [2.24, 2.45) is 11.8 Å². The average Bonchev–Trinajstić information content (AvgIpc) is 2.15. The second-order valence-corrected chi connectivity index (χ2v) is 6.02. The molecular weight excluding hydrogens is 212 g/mol. The number of nitrogens with one attached hydrogen (secondary N) is 1. The third-order valence-corrected chi connectivity index (χ3v) is 3.07. The van der Waals surface area contributed by atoms with Crippen molar-refractivity contribution < 1.29 is 4.79 Å². The Kier molecular flexibility index (Phi) is 7.44. The van der Waals surface area contributed by atoms with Crippen LogP contribution >= 0.6 is 0 Å². The van der Waals surface area contributed by atoms with E-state index in [4.69, 9.17) is 0 Å². The van der Waals surface area contributed by atoms with Crippen molar-refractivity contribution in [3.05, 3.63) is 0 Å². The smallest absolute Gasteiger partial charge is 0.234 e. The fraction of sp³-hybridized carbons (Fsp3) is 0.929. The Balaban J connectivity index is 4.22. The topological polar surface area (TPSA) is 32.3 Å². The number of hydrogen-bond acceptors (Lipinski definition) is 2. The van der Waals surface area contributed by atoms with Gasteiger partial charge in [0.25, 0.3) is 0 Å². The van der Waals surface area contributed by atoms with Crippen LogP contribution in [0.1, 0.15) is 48.5 Å². The lowest BCUT2D eigenvalue weighted by molar-refractivity contribution is -0.123. The van der Waals surface area contributed by atoms with Gasteiger partial charge in [0, 0.05) is 18.6 Å². The van der Waals surface area contributed by atoms with Gasteiger partial charge in [-0.3, -0.25) is 9.69 Å².